The molecule has 1 aliphatic heterocycles. The highest BCUT2D eigenvalue weighted by Gasteiger charge is 2.15. The molecule has 1 atom stereocenters. The van der Waals surface area contributed by atoms with E-state index in [-0.39, 0.29) is 12.4 Å². The second-order valence-electron chi connectivity index (χ2n) is 5.02. The summed E-state index contributed by atoms with van der Waals surface area (Å²) in [4.78, 5) is 2.54. The van der Waals surface area contributed by atoms with E-state index in [1.54, 1.807) is 0 Å². The van der Waals surface area contributed by atoms with Crippen LogP contribution in [0.2, 0.25) is 0 Å². The summed E-state index contributed by atoms with van der Waals surface area (Å²) in [5, 5.41) is 3.48. The molecule has 3 heteroatoms. The molecule has 0 spiro atoms. The molecule has 0 aromatic heterocycles. The SMILES string of the molecule is Cc1ccc(C)c(CN2CCNC(C)C2)c1.Cl. The Morgan fingerprint density at radius 3 is 2.82 bits per heavy atom. The summed E-state index contributed by atoms with van der Waals surface area (Å²) in [6.45, 7) is 11.2. The van der Waals surface area contributed by atoms with Crippen molar-refractivity contribution in [1.29, 1.82) is 0 Å². The van der Waals surface area contributed by atoms with Crippen molar-refractivity contribution in [3.05, 3.63) is 34.9 Å². The molecule has 0 aliphatic carbocycles. The largest absolute Gasteiger partial charge is 0.312 e. The summed E-state index contributed by atoms with van der Waals surface area (Å²) in [5.74, 6) is 0. The molecule has 2 nitrogen and oxygen atoms in total. The number of hydrogen-bond acceptors (Lipinski definition) is 2. The van der Waals surface area contributed by atoms with Crippen LogP contribution in [0, 0.1) is 13.8 Å². The highest BCUT2D eigenvalue weighted by atomic mass is 35.5. The molecule has 96 valence electrons. The second-order valence-corrected chi connectivity index (χ2v) is 5.02. The van der Waals surface area contributed by atoms with Crippen LogP contribution >= 0.6 is 12.4 Å². The maximum Gasteiger partial charge on any atom is 0.0237 e. The number of benzene rings is 1. The van der Waals surface area contributed by atoms with Crippen molar-refractivity contribution in [2.24, 2.45) is 0 Å². The molecular weight excluding hydrogens is 232 g/mol. The van der Waals surface area contributed by atoms with Gasteiger partial charge in [0, 0.05) is 32.2 Å². The van der Waals surface area contributed by atoms with Crippen LogP contribution in [-0.2, 0) is 6.54 Å². The van der Waals surface area contributed by atoms with Gasteiger partial charge in [0.25, 0.3) is 0 Å². The molecule has 2 rings (SSSR count). The van der Waals surface area contributed by atoms with Gasteiger partial charge in [-0.25, -0.2) is 0 Å². The first kappa shape index (κ1) is 14.5. The van der Waals surface area contributed by atoms with E-state index in [9.17, 15) is 0 Å². The monoisotopic (exact) mass is 254 g/mol. The predicted molar refractivity (Wildman–Crippen MR) is 75.9 cm³/mol. The molecule has 17 heavy (non-hydrogen) atoms. The molecule has 0 saturated carbocycles. The molecule has 0 amide bonds. The highest BCUT2D eigenvalue weighted by Crippen LogP contribution is 2.14. The van der Waals surface area contributed by atoms with E-state index in [0.717, 1.165) is 26.2 Å². The maximum atomic E-state index is 3.48. The molecule has 1 heterocycles. The van der Waals surface area contributed by atoms with Crippen LogP contribution in [0.5, 0.6) is 0 Å². The summed E-state index contributed by atoms with van der Waals surface area (Å²) in [5.41, 5.74) is 4.26. The fourth-order valence-electron chi connectivity index (χ4n) is 2.37. The summed E-state index contributed by atoms with van der Waals surface area (Å²) >= 11 is 0. The lowest BCUT2D eigenvalue weighted by molar-refractivity contribution is 0.199. The molecule has 1 aromatic rings. The lowest BCUT2D eigenvalue weighted by atomic mass is 10.0. The number of rotatable bonds is 2. The molecule has 0 radical (unpaired) electrons. The van der Waals surface area contributed by atoms with E-state index in [0.29, 0.717) is 6.04 Å². The zero-order valence-electron chi connectivity index (χ0n) is 11.0. The van der Waals surface area contributed by atoms with Crippen LogP contribution in [0.25, 0.3) is 0 Å². The fourth-order valence-corrected chi connectivity index (χ4v) is 2.37. The van der Waals surface area contributed by atoms with Gasteiger partial charge < -0.3 is 5.32 Å². The number of nitrogens with zero attached hydrogens (tertiary/aromatic N) is 1. The summed E-state index contributed by atoms with van der Waals surface area (Å²) < 4.78 is 0. The minimum Gasteiger partial charge on any atom is -0.312 e. The zero-order valence-corrected chi connectivity index (χ0v) is 11.8. The summed E-state index contributed by atoms with van der Waals surface area (Å²) in [6.07, 6.45) is 0. The first-order valence-corrected chi connectivity index (χ1v) is 6.17. The van der Waals surface area contributed by atoms with Crippen LogP contribution in [0.15, 0.2) is 18.2 Å². The molecule has 1 aliphatic rings. The Bertz CT molecular complexity index is 365. The Kier molecular flexibility index (Phi) is 5.44. The van der Waals surface area contributed by atoms with E-state index in [1.165, 1.54) is 16.7 Å². The van der Waals surface area contributed by atoms with E-state index in [4.69, 9.17) is 0 Å². The second kappa shape index (κ2) is 6.39. The average molecular weight is 255 g/mol. The third kappa shape index (κ3) is 3.98. The lowest BCUT2D eigenvalue weighted by Crippen LogP contribution is -2.48. The van der Waals surface area contributed by atoms with Crippen molar-refractivity contribution in [2.45, 2.75) is 33.4 Å². The molecule has 1 aromatic carbocycles. The van der Waals surface area contributed by atoms with Gasteiger partial charge in [0.1, 0.15) is 0 Å². The first-order chi connectivity index (χ1) is 7.65. The van der Waals surface area contributed by atoms with Gasteiger partial charge in [0.05, 0.1) is 0 Å². The number of hydrogen-bond donors (Lipinski definition) is 1. The van der Waals surface area contributed by atoms with E-state index in [1.807, 2.05) is 0 Å². The average Bonchev–Trinajstić information content (AvgIpc) is 2.24. The Labute approximate surface area is 111 Å². The normalized spacial score (nSPS) is 21.0. The third-order valence-electron chi connectivity index (χ3n) is 3.35. The van der Waals surface area contributed by atoms with Crippen molar-refractivity contribution in [3.63, 3.8) is 0 Å². The molecular formula is C14H23ClN2. The number of aryl methyl sites for hydroxylation is 2. The van der Waals surface area contributed by atoms with Gasteiger partial charge >= 0.3 is 0 Å². The van der Waals surface area contributed by atoms with Gasteiger partial charge in [0.15, 0.2) is 0 Å². The van der Waals surface area contributed by atoms with Gasteiger partial charge in [-0.2, -0.15) is 0 Å². The smallest absolute Gasteiger partial charge is 0.0237 e. The van der Waals surface area contributed by atoms with Crippen molar-refractivity contribution in [1.82, 2.24) is 10.2 Å². The minimum absolute atomic E-state index is 0. The topological polar surface area (TPSA) is 15.3 Å². The van der Waals surface area contributed by atoms with Gasteiger partial charge in [-0.15, -0.1) is 12.4 Å². The van der Waals surface area contributed by atoms with Crippen molar-refractivity contribution >= 4 is 12.4 Å². The van der Waals surface area contributed by atoms with Crippen LogP contribution in [0.1, 0.15) is 23.6 Å². The van der Waals surface area contributed by atoms with E-state index >= 15 is 0 Å². The van der Waals surface area contributed by atoms with Crippen molar-refractivity contribution < 1.29 is 0 Å². The molecule has 1 unspecified atom stereocenters. The van der Waals surface area contributed by atoms with Crippen LogP contribution in [0.4, 0.5) is 0 Å². The lowest BCUT2D eigenvalue weighted by Gasteiger charge is -2.32. The molecule has 1 N–H and O–H groups in total. The Morgan fingerprint density at radius 1 is 1.35 bits per heavy atom. The first-order valence-electron chi connectivity index (χ1n) is 6.17. The minimum atomic E-state index is 0. The Hall–Kier alpha value is -0.570. The zero-order chi connectivity index (χ0) is 11.5. The third-order valence-corrected chi connectivity index (χ3v) is 3.35. The summed E-state index contributed by atoms with van der Waals surface area (Å²) in [6, 6.07) is 7.37. The van der Waals surface area contributed by atoms with Crippen LogP contribution in [0.3, 0.4) is 0 Å². The molecule has 1 saturated heterocycles. The highest BCUT2D eigenvalue weighted by molar-refractivity contribution is 5.85. The Balaban J connectivity index is 0.00000144. The van der Waals surface area contributed by atoms with E-state index in [2.05, 4.69) is 49.2 Å². The fraction of sp³-hybridized carbons (Fsp3) is 0.571. The Morgan fingerprint density at radius 2 is 2.12 bits per heavy atom. The maximum absolute atomic E-state index is 3.48. The number of piperazine rings is 1. The van der Waals surface area contributed by atoms with Crippen molar-refractivity contribution in [3.8, 4) is 0 Å². The standard InChI is InChI=1S/C14H22N2.ClH/c1-11-4-5-12(2)14(8-11)10-16-7-6-15-13(3)9-16;/h4-5,8,13,15H,6-7,9-10H2,1-3H3;1H. The summed E-state index contributed by atoms with van der Waals surface area (Å²) in [7, 11) is 0. The van der Waals surface area contributed by atoms with Gasteiger partial charge in [-0.1, -0.05) is 23.8 Å². The van der Waals surface area contributed by atoms with Gasteiger partial charge in [-0.05, 0) is 31.9 Å². The van der Waals surface area contributed by atoms with Gasteiger partial charge in [0.2, 0.25) is 0 Å². The van der Waals surface area contributed by atoms with Crippen molar-refractivity contribution in [2.75, 3.05) is 19.6 Å². The number of halogens is 1. The van der Waals surface area contributed by atoms with E-state index < -0.39 is 0 Å². The van der Waals surface area contributed by atoms with Crippen LogP contribution < -0.4 is 5.32 Å². The molecule has 1 fully saturated rings. The predicted octanol–water partition coefficient (Wildman–Crippen LogP) is 2.52. The number of nitrogens with one attached hydrogen (secondary N) is 1. The van der Waals surface area contributed by atoms with Gasteiger partial charge in [-0.3, -0.25) is 4.90 Å². The van der Waals surface area contributed by atoms with Crippen LogP contribution in [-0.4, -0.2) is 30.6 Å². The molecule has 0 bridgehead atoms. The quantitative estimate of drug-likeness (QED) is 0.873.